The zero-order valence-corrected chi connectivity index (χ0v) is 18.8. The molecule has 0 heterocycles. The molecule has 29 heavy (non-hydrogen) atoms. The molecule has 0 aliphatic heterocycles. The SMILES string of the molecule is CCCN(CCC)CCCCNC(=O)c1ccc(C(OC(N)=O)C(C)(C)C)cc1. The van der Waals surface area contributed by atoms with Gasteiger partial charge in [-0.15, -0.1) is 0 Å². The van der Waals surface area contributed by atoms with E-state index in [2.05, 4.69) is 24.1 Å². The third-order valence-electron chi connectivity index (χ3n) is 4.76. The van der Waals surface area contributed by atoms with E-state index in [1.165, 1.54) is 12.8 Å². The average molecular weight is 406 g/mol. The van der Waals surface area contributed by atoms with Crippen LogP contribution in [0.2, 0.25) is 0 Å². The Morgan fingerprint density at radius 1 is 1.03 bits per heavy atom. The van der Waals surface area contributed by atoms with Crippen molar-refractivity contribution in [2.24, 2.45) is 11.1 Å². The van der Waals surface area contributed by atoms with Crippen molar-refractivity contribution in [3.63, 3.8) is 0 Å². The maximum absolute atomic E-state index is 12.4. The van der Waals surface area contributed by atoms with Crippen LogP contribution < -0.4 is 11.1 Å². The van der Waals surface area contributed by atoms with E-state index in [1.54, 1.807) is 12.1 Å². The van der Waals surface area contributed by atoms with E-state index in [-0.39, 0.29) is 11.3 Å². The number of hydrogen-bond donors (Lipinski definition) is 2. The molecule has 0 aliphatic rings. The van der Waals surface area contributed by atoms with Crippen molar-refractivity contribution in [3.8, 4) is 0 Å². The second-order valence-corrected chi connectivity index (χ2v) is 8.61. The molecule has 0 spiro atoms. The van der Waals surface area contributed by atoms with Gasteiger partial charge in [-0.25, -0.2) is 4.79 Å². The Kier molecular flexibility index (Phi) is 10.7. The lowest BCUT2D eigenvalue weighted by Crippen LogP contribution is -2.29. The third-order valence-corrected chi connectivity index (χ3v) is 4.76. The van der Waals surface area contributed by atoms with Crippen molar-refractivity contribution in [3.05, 3.63) is 35.4 Å². The minimum absolute atomic E-state index is 0.0846. The molecule has 0 radical (unpaired) electrons. The molecule has 0 saturated heterocycles. The van der Waals surface area contributed by atoms with Crippen molar-refractivity contribution >= 4 is 12.0 Å². The predicted octanol–water partition coefficient (Wildman–Crippen LogP) is 4.50. The van der Waals surface area contributed by atoms with E-state index in [9.17, 15) is 9.59 Å². The van der Waals surface area contributed by atoms with E-state index in [0.717, 1.165) is 38.0 Å². The Labute approximate surface area is 176 Å². The second kappa shape index (κ2) is 12.5. The molecule has 0 fully saturated rings. The molecule has 0 bridgehead atoms. The van der Waals surface area contributed by atoms with Crippen molar-refractivity contribution in [2.45, 2.75) is 66.4 Å². The molecule has 1 unspecified atom stereocenters. The summed E-state index contributed by atoms with van der Waals surface area (Å²) in [6.45, 7) is 14.4. The maximum atomic E-state index is 12.4. The zero-order valence-electron chi connectivity index (χ0n) is 18.8. The van der Waals surface area contributed by atoms with E-state index in [4.69, 9.17) is 10.5 Å². The highest BCUT2D eigenvalue weighted by Crippen LogP contribution is 2.36. The van der Waals surface area contributed by atoms with Crippen molar-refractivity contribution in [1.82, 2.24) is 10.2 Å². The molecule has 1 rings (SSSR count). The molecule has 1 aromatic carbocycles. The van der Waals surface area contributed by atoms with Gasteiger partial charge >= 0.3 is 6.09 Å². The smallest absolute Gasteiger partial charge is 0.405 e. The molecule has 0 saturated carbocycles. The number of carbonyl (C=O) groups excluding carboxylic acids is 2. The van der Waals surface area contributed by atoms with Gasteiger partial charge in [0.15, 0.2) is 0 Å². The van der Waals surface area contributed by atoms with Gasteiger partial charge in [-0.2, -0.15) is 0 Å². The first-order chi connectivity index (χ1) is 13.7. The third kappa shape index (κ3) is 9.31. The van der Waals surface area contributed by atoms with Crippen LogP contribution in [0.5, 0.6) is 0 Å². The summed E-state index contributed by atoms with van der Waals surface area (Å²) in [7, 11) is 0. The normalized spacial score (nSPS) is 12.6. The summed E-state index contributed by atoms with van der Waals surface area (Å²) in [5, 5.41) is 2.99. The van der Waals surface area contributed by atoms with Gasteiger partial charge < -0.3 is 20.7 Å². The number of unbranched alkanes of at least 4 members (excludes halogenated alkanes) is 1. The highest BCUT2D eigenvalue weighted by atomic mass is 16.6. The number of hydrogen-bond acceptors (Lipinski definition) is 4. The quantitative estimate of drug-likeness (QED) is 0.501. The molecule has 164 valence electrons. The van der Waals surface area contributed by atoms with Crippen LogP contribution in [0.3, 0.4) is 0 Å². The van der Waals surface area contributed by atoms with Crippen molar-refractivity contribution < 1.29 is 14.3 Å². The zero-order chi connectivity index (χ0) is 21.9. The molecule has 2 amide bonds. The second-order valence-electron chi connectivity index (χ2n) is 8.61. The summed E-state index contributed by atoms with van der Waals surface area (Å²) in [5.41, 5.74) is 6.32. The average Bonchev–Trinajstić information content (AvgIpc) is 2.65. The maximum Gasteiger partial charge on any atom is 0.405 e. The lowest BCUT2D eigenvalue weighted by Gasteiger charge is -2.30. The molecule has 3 N–H and O–H groups in total. The first-order valence-electron chi connectivity index (χ1n) is 10.8. The molecular weight excluding hydrogens is 366 g/mol. The lowest BCUT2D eigenvalue weighted by molar-refractivity contribution is 0.0359. The van der Waals surface area contributed by atoms with Crippen LogP contribution in [-0.4, -0.2) is 43.1 Å². The van der Waals surface area contributed by atoms with Gasteiger partial charge in [0.05, 0.1) is 0 Å². The highest BCUT2D eigenvalue weighted by Gasteiger charge is 2.29. The van der Waals surface area contributed by atoms with Crippen molar-refractivity contribution in [2.75, 3.05) is 26.2 Å². The van der Waals surface area contributed by atoms with Crippen LogP contribution in [-0.2, 0) is 4.74 Å². The number of benzene rings is 1. The number of amides is 2. The Morgan fingerprint density at radius 3 is 2.10 bits per heavy atom. The van der Waals surface area contributed by atoms with Gasteiger partial charge in [-0.05, 0) is 63.0 Å². The molecule has 1 aromatic rings. The van der Waals surface area contributed by atoms with Crippen LogP contribution in [0, 0.1) is 5.41 Å². The number of nitrogens with zero attached hydrogens (tertiary/aromatic N) is 1. The monoisotopic (exact) mass is 405 g/mol. The van der Waals surface area contributed by atoms with Gasteiger partial charge in [0, 0.05) is 17.5 Å². The van der Waals surface area contributed by atoms with Gasteiger partial charge in [0.2, 0.25) is 0 Å². The number of ether oxygens (including phenoxy) is 1. The predicted molar refractivity (Wildman–Crippen MR) is 118 cm³/mol. The van der Waals surface area contributed by atoms with E-state index in [0.29, 0.717) is 12.1 Å². The molecule has 6 heteroatoms. The Bertz CT molecular complexity index is 617. The number of nitrogens with one attached hydrogen (secondary N) is 1. The van der Waals surface area contributed by atoms with Gasteiger partial charge in [0.25, 0.3) is 5.91 Å². The Balaban J connectivity index is 2.52. The van der Waals surface area contributed by atoms with Crippen LogP contribution in [0.25, 0.3) is 0 Å². The van der Waals surface area contributed by atoms with Crippen LogP contribution in [0.15, 0.2) is 24.3 Å². The molecule has 6 nitrogen and oxygen atoms in total. The first-order valence-corrected chi connectivity index (χ1v) is 10.8. The fourth-order valence-electron chi connectivity index (χ4n) is 3.40. The summed E-state index contributed by atoms with van der Waals surface area (Å²) in [4.78, 5) is 26.1. The summed E-state index contributed by atoms with van der Waals surface area (Å²) in [5.74, 6) is -0.0846. The fraction of sp³-hybridized carbons (Fsp3) is 0.652. The van der Waals surface area contributed by atoms with Gasteiger partial charge in [-0.3, -0.25) is 4.79 Å². The molecule has 1 atom stereocenters. The van der Waals surface area contributed by atoms with E-state index < -0.39 is 12.2 Å². The summed E-state index contributed by atoms with van der Waals surface area (Å²) in [6, 6.07) is 7.16. The number of carbonyl (C=O) groups is 2. The minimum Gasteiger partial charge on any atom is -0.441 e. The Morgan fingerprint density at radius 2 is 1.62 bits per heavy atom. The summed E-state index contributed by atoms with van der Waals surface area (Å²) < 4.78 is 5.28. The number of nitrogens with two attached hydrogens (primary N) is 1. The van der Waals surface area contributed by atoms with Crippen molar-refractivity contribution in [1.29, 1.82) is 0 Å². The number of primary amides is 1. The van der Waals surface area contributed by atoms with Crippen LogP contribution in [0.1, 0.15) is 82.3 Å². The van der Waals surface area contributed by atoms with Gasteiger partial charge in [0.1, 0.15) is 6.10 Å². The van der Waals surface area contributed by atoms with E-state index in [1.807, 2.05) is 32.9 Å². The highest BCUT2D eigenvalue weighted by molar-refractivity contribution is 5.94. The van der Waals surface area contributed by atoms with Crippen LogP contribution >= 0.6 is 0 Å². The summed E-state index contributed by atoms with van der Waals surface area (Å²) >= 11 is 0. The summed E-state index contributed by atoms with van der Waals surface area (Å²) in [6.07, 6.45) is 3.12. The van der Waals surface area contributed by atoms with Crippen LogP contribution in [0.4, 0.5) is 4.79 Å². The van der Waals surface area contributed by atoms with E-state index >= 15 is 0 Å². The molecular formula is C23H39N3O3. The fourth-order valence-corrected chi connectivity index (χ4v) is 3.40. The Hall–Kier alpha value is -2.08. The standard InChI is InChI=1S/C23H39N3O3/c1-6-15-26(16-7-2)17-9-8-14-25-21(27)19-12-10-18(11-13-19)20(23(3,4)5)29-22(24)28/h10-13,20H,6-9,14-17H2,1-5H3,(H2,24,28)(H,25,27). The first kappa shape index (κ1) is 25.0. The molecule has 0 aromatic heterocycles. The lowest BCUT2D eigenvalue weighted by atomic mass is 9.84. The molecule has 0 aliphatic carbocycles. The minimum atomic E-state index is -0.803. The van der Waals surface area contributed by atoms with Gasteiger partial charge in [-0.1, -0.05) is 46.8 Å². The topological polar surface area (TPSA) is 84.7 Å². The largest absolute Gasteiger partial charge is 0.441 e. The number of rotatable bonds is 12.